The number of nitrogens with two attached hydrogens (primary N) is 1. The summed E-state index contributed by atoms with van der Waals surface area (Å²) in [5.74, 6) is -0.367. The largest absolute Gasteiger partial charge is 0.384 e. The van der Waals surface area contributed by atoms with E-state index in [4.69, 9.17) is 10.5 Å². The van der Waals surface area contributed by atoms with Crippen molar-refractivity contribution in [3.63, 3.8) is 0 Å². The van der Waals surface area contributed by atoms with Gasteiger partial charge in [-0.05, 0) is 5.92 Å². The lowest BCUT2D eigenvalue weighted by molar-refractivity contribution is 0.0376. The molecule has 2 saturated heterocycles. The van der Waals surface area contributed by atoms with Crippen molar-refractivity contribution in [3.8, 4) is 0 Å². The number of nitrogens with zero attached hydrogens (tertiary/aromatic N) is 5. The lowest BCUT2D eigenvalue weighted by Crippen LogP contribution is -2.55. The highest BCUT2D eigenvalue weighted by molar-refractivity contribution is 6.01. The zero-order valence-electron chi connectivity index (χ0n) is 18.5. The molecule has 31 heavy (non-hydrogen) atoms. The smallest absolute Gasteiger partial charge is 0.332 e. The quantitative estimate of drug-likeness (QED) is 0.590. The van der Waals surface area contributed by atoms with Crippen molar-refractivity contribution in [3.05, 3.63) is 26.4 Å². The molecule has 0 aliphatic carbocycles. The normalized spacial score (nSPS) is 17.9. The third kappa shape index (κ3) is 4.99. The molecule has 0 aromatic carbocycles. The maximum Gasteiger partial charge on any atom is 0.332 e. The van der Waals surface area contributed by atoms with Crippen LogP contribution in [0.1, 0.15) is 24.2 Å². The van der Waals surface area contributed by atoms with Crippen LogP contribution in [0, 0.1) is 5.92 Å². The Morgan fingerprint density at radius 1 is 1.00 bits per heavy atom. The number of rotatable bonds is 5. The van der Waals surface area contributed by atoms with Crippen LogP contribution < -0.4 is 17.0 Å². The summed E-state index contributed by atoms with van der Waals surface area (Å²) in [7, 11) is 1.35. The summed E-state index contributed by atoms with van der Waals surface area (Å²) in [5.41, 5.74) is 4.75. The predicted octanol–water partition coefficient (Wildman–Crippen LogP) is -0.962. The monoisotopic (exact) mass is 436 g/mol. The SMILES string of the molecule is CC(C)Cn1c(N)c(C(=O)CN2CCN(C(=O)N3CCOCC3)CC2)c(=O)n(C)c1=O. The van der Waals surface area contributed by atoms with E-state index >= 15 is 0 Å². The van der Waals surface area contributed by atoms with Crippen LogP contribution in [-0.4, -0.2) is 94.7 Å². The lowest BCUT2D eigenvalue weighted by Gasteiger charge is -2.38. The third-order valence-corrected chi connectivity index (χ3v) is 5.70. The first kappa shape index (κ1) is 23.0. The van der Waals surface area contributed by atoms with Crippen LogP contribution in [0.25, 0.3) is 0 Å². The maximum absolute atomic E-state index is 13.0. The molecule has 11 heteroatoms. The fourth-order valence-electron chi connectivity index (χ4n) is 3.92. The molecule has 0 atom stereocenters. The Bertz CT molecular complexity index is 939. The number of hydrogen-bond donors (Lipinski definition) is 1. The average molecular weight is 437 g/mol. The van der Waals surface area contributed by atoms with E-state index in [-0.39, 0.29) is 29.9 Å². The van der Waals surface area contributed by atoms with Crippen molar-refractivity contribution < 1.29 is 14.3 Å². The van der Waals surface area contributed by atoms with Gasteiger partial charge in [-0.1, -0.05) is 13.8 Å². The number of piperazine rings is 1. The fraction of sp³-hybridized carbons (Fsp3) is 0.700. The van der Waals surface area contributed by atoms with E-state index in [0.717, 1.165) is 4.57 Å². The minimum atomic E-state index is -0.673. The second-order valence-corrected chi connectivity index (χ2v) is 8.48. The average Bonchev–Trinajstić information content (AvgIpc) is 2.76. The molecule has 2 fully saturated rings. The number of urea groups is 1. The molecule has 0 saturated carbocycles. The number of anilines is 1. The molecular weight excluding hydrogens is 404 g/mol. The van der Waals surface area contributed by atoms with E-state index in [1.165, 1.54) is 11.6 Å². The number of Topliss-reactive ketones (excluding diaryl/α,β-unsaturated/α-hetero) is 1. The van der Waals surface area contributed by atoms with Crippen LogP contribution in [0.4, 0.5) is 10.6 Å². The summed E-state index contributed by atoms with van der Waals surface area (Å²) in [4.78, 5) is 56.1. The van der Waals surface area contributed by atoms with E-state index in [1.54, 1.807) is 9.80 Å². The van der Waals surface area contributed by atoms with Gasteiger partial charge in [0.05, 0.1) is 19.8 Å². The Hall–Kier alpha value is -2.66. The van der Waals surface area contributed by atoms with Gasteiger partial charge in [-0.2, -0.15) is 0 Å². The number of ketones is 1. The first-order valence-corrected chi connectivity index (χ1v) is 10.7. The minimum Gasteiger partial charge on any atom is -0.384 e. The van der Waals surface area contributed by atoms with Crippen LogP contribution in [0.5, 0.6) is 0 Å². The zero-order valence-corrected chi connectivity index (χ0v) is 18.5. The number of ether oxygens (including phenoxy) is 1. The Morgan fingerprint density at radius 2 is 1.58 bits per heavy atom. The summed E-state index contributed by atoms with van der Waals surface area (Å²) in [6, 6.07) is -0.00634. The highest BCUT2D eigenvalue weighted by Crippen LogP contribution is 2.12. The van der Waals surface area contributed by atoms with Crippen molar-refractivity contribution in [1.82, 2.24) is 23.8 Å². The Kier molecular flexibility index (Phi) is 7.16. The zero-order chi connectivity index (χ0) is 22.7. The van der Waals surface area contributed by atoms with E-state index in [0.29, 0.717) is 59.0 Å². The minimum absolute atomic E-state index is 0.00634. The van der Waals surface area contributed by atoms with Gasteiger partial charge in [0.2, 0.25) is 0 Å². The Morgan fingerprint density at radius 3 is 2.16 bits per heavy atom. The number of aromatic nitrogens is 2. The van der Waals surface area contributed by atoms with Crippen molar-refractivity contribution >= 4 is 17.6 Å². The molecule has 0 spiro atoms. The molecule has 1 aromatic rings. The number of morpholine rings is 1. The second kappa shape index (κ2) is 9.65. The van der Waals surface area contributed by atoms with Crippen LogP contribution in [0.2, 0.25) is 0 Å². The Balaban J connectivity index is 1.67. The summed E-state index contributed by atoms with van der Waals surface area (Å²) in [6.45, 7) is 8.52. The lowest BCUT2D eigenvalue weighted by atomic mass is 10.1. The number of carbonyl (C=O) groups is 2. The molecule has 3 heterocycles. The number of hydrogen-bond acceptors (Lipinski definition) is 7. The van der Waals surface area contributed by atoms with Gasteiger partial charge in [0.15, 0.2) is 5.78 Å². The molecule has 0 bridgehead atoms. The number of nitrogen functional groups attached to an aromatic ring is 1. The first-order valence-electron chi connectivity index (χ1n) is 10.7. The van der Waals surface area contributed by atoms with E-state index < -0.39 is 17.0 Å². The topological polar surface area (TPSA) is 123 Å². The molecule has 11 nitrogen and oxygen atoms in total. The molecule has 3 rings (SSSR count). The molecule has 172 valence electrons. The predicted molar refractivity (Wildman–Crippen MR) is 115 cm³/mol. The Labute approximate surface area is 180 Å². The van der Waals surface area contributed by atoms with Gasteiger partial charge in [0.25, 0.3) is 5.56 Å². The summed E-state index contributed by atoms with van der Waals surface area (Å²) < 4.78 is 7.51. The van der Waals surface area contributed by atoms with Gasteiger partial charge in [0.1, 0.15) is 11.4 Å². The van der Waals surface area contributed by atoms with E-state index in [1.807, 2.05) is 18.7 Å². The molecule has 0 unspecified atom stereocenters. The number of carbonyl (C=O) groups excluding carboxylic acids is 2. The van der Waals surface area contributed by atoms with Crippen molar-refractivity contribution in [2.45, 2.75) is 20.4 Å². The highest BCUT2D eigenvalue weighted by Gasteiger charge is 2.29. The van der Waals surface area contributed by atoms with Gasteiger partial charge in [-0.15, -0.1) is 0 Å². The summed E-state index contributed by atoms with van der Waals surface area (Å²) in [5, 5.41) is 0. The van der Waals surface area contributed by atoms with Crippen LogP contribution in [-0.2, 0) is 18.3 Å². The van der Waals surface area contributed by atoms with Crippen LogP contribution in [0.15, 0.2) is 9.59 Å². The van der Waals surface area contributed by atoms with E-state index in [2.05, 4.69) is 0 Å². The molecule has 2 aliphatic rings. The molecular formula is C20H32N6O5. The van der Waals surface area contributed by atoms with Gasteiger partial charge in [0, 0.05) is 52.9 Å². The summed E-state index contributed by atoms with van der Waals surface area (Å²) in [6.07, 6.45) is 0. The second-order valence-electron chi connectivity index (χ2n) is 8.48. The number of amides is 2. The van der Waals surface area contributed by atoms with E-state index in [9.17, 15) is 19.2 Å². The van der Waals surface area contributed by atoms with Gasteiger partial charge >= 0.3 is 11.7 Å². The van der Waals surface area contributed by atoms with Gasteiger partial charge < -0.3 is 20.3 Å². The van der Waals surface area contributed by atoms with Gasteiger partial charge in [-0.25, -0.2) is 9.59 Å². The molecule has 1 aromatic heterocycles. The molecule has 2 aliphatic heterocycles. The van der Waals surface area contributed by atoms with Crippen molar-refractivity contribution in [1.29, 1.82) is 0 Å². The third-order valence-electron chi connectivity index (χ3n) is 5.70. The highest BCUT2D eigenvalue weighted by atomic mass is 16.5. The standard InChI is InChI=1S/C20H32N6O5/c1-14(2)12-26-17(21)16(18(28)22(3)19(26)29)15(27)13-23-4-6-24(7-5-23)20(30)25-8-10-31-11-9-25/h14H,4-13,21H2,1-3H3. The van der Waals surface area contributed by atoms with Gasteiger partial charge in [-0.3, -0.25) is 23.6 Å². The van der Waals surface area contributed by atoms with Crippen LogP contribution in [0.3, 0.4) is 0 Å². The summed E-state index contributed by atoms with van der Waals surface area (Å²) >= 11 is 0. The first-order chi connectivity index (χ1) is 14.7. The van der Waals surface area contributed by atoms with Crippen molar-refractivity contribution in [2.75, 3.05) is 64.8 Å². The molecule has 2 N–H and O–H groups in total. The fourth-order valence-corrected chi connectivity index (χ4v) is 3.92. The van der Waals surface area contributed by atoms with Crippen molar-refractivity contribution in [2.24, 2.45) is 13.0 Å². The maximum atomic E-state index is 13.0. The molecule has 0 radical (unpaired) electrons. The van der Waals surface area contributed by atoms with Crippen LogP contribution >= 0.6 is 0 Å². The molecule has 2 amide bonds.